The van der Waals surface area contributed by atoms with E-state index in [-0.39, 0.29) is 25.0 Å². The maximum absolute atomic E-state index is 13.0. The molecule has 0 bridgehead atoms. The van der Waals surface area contributed by atoms with Crippen molar-refractivity contribution in [2.45, 2.75) is 58.8 Å². The van der Waals surface area contributed by atoms with Crippen LogP contribution in [0.15, 0.2) is 30.3 Å². The third kappa shape index (κ3) is 8.14. The average Bonchev–Trinajstić information content (AvgIpc) is 2.78. The zero-order valence-corrected chi connectivity index (χ0v) is 19.8. The fraction of sp³-hybridized carbons (Fsp3) is 0.522. The molecule has 11 heteroatoms. The van der Waals surface area contributed by atoms with Crippen molar-refractivity contribution in [2.24, 2.45) is 11.8 Å². The van der Waals surface area contributed by atoms with E-state index in [0.717, 1.165) is 5.56 Å². The molecule has 2 rings (SSSR count). The molecule has 1 fully saturated rings. The van der Waals surface area contributed by atoms with Gasteiger partial charge in [0.2, 0.25) is 17.6 Å². The van der Waals surface area contributed by atoms with Crippen LogP contribution in [-0.4, -0.2) is 54.3 Å². The van der Waals surface area contributed by atoms with Gasteiger partial charge in [-0.05, 0) is 23.8 Å². The van der Waals surface area contributed by atoms with Crippen LogP contribution in [0.25, 0.3) is 0 Å². The Morgan fingerprint density at radius 3 is 2.32 bits per heavy atom. The second-order valence-corrected chi connectivity index (χ2v) is 8.88. The van der Waals surface area contributed by atoms with Gasteiger partial charge >= 0.3 is 12.0 Å². The zero-order chi connectivity index (χ0) is 25.3. The van der Waals surface area contributed by atoms with Crippen molar-refractivity contribution < 1.29 is 28.7 Å². The molecule has 0 aliphatic carbocycles. The van der Waals surface area contributed by atoms with E-state index in [2.05, 4.69) is 26.8 Å². The molecule has 1 aliphatic heterocycles. The van der Waals surface area contributed by atoms with Gasteiger partial charge in [0.1, 0.15) is 24.7 Å². The summed E-state index contributed by atoms with van der Waals surface area (Å²) in [6.45, 7) is 7.35. The second-order valence-electron chi connectivity index (χ2n) is 8.88. The van der Waals surface area contributed by atoms with Crippen molar-refractivity contribution in [3.05, 3.63) is 35.9 Å². The summed E-state index contributed by atoms with van der Waals surface area (Å²) >= 11 is 0. The van der Waals surface area contributed by atoms with E-state index >= 15 is 0 Å². The van der Waals surface area contributed by atoms with Crippen molar-refractivity contribution in [3.63, 3.8) is 0 Å². The first-order valence-electron chi connectivity index (χ1n) is 11.2. The van der Waals surface area contributed by atoms with Crippen molar-refractivity contribution in [1.29, 1.82) is 0 Å². The third-order valence-corrected chi connectivity index (χ3v) is 5.14. The van der Waals surface area contributed by atoms with Gasteiger partial charge in [0, 0.05) is 6.54 Å². The van der Waals surface area contributed by atoms with Crippen molar-refractivity contribution in [1.82, 2.24) is 26.8 Å². The summed E-state index contributed by atoms with van der Waals surface area (Å²) in [5.74, 6) is -3.02. The van der Waals surface area contributed by atoms with Gasteiger partial charge in [-0.1, -0.05) is 58.0 Å². The Labute approximate surface area is 198 Å². The molecular formula is C23H33N5O6. The van der Waals surface area contributed by atoms with E-state index in [1.165, 1.54) is 0 Å². The van der Waals surface area contributed by atoms with Crippen molar-refractivity contribution >= 4 is 29.6 Å². The standard InChI is InChI=1S/C23H33N5O6/c1-13(2)10-16(20(30)26-17-11-24-28-22(32)19(17)29)25-21(31)18(14(3)4)27-23(33)34-12-15-8-6-5-7-9-15/h5-9,13-14,16-18,24H,10-12H2,1-4H3,(H,25,31)(H,26,30)(H,27,33)(H,28,32). The van der Waals surface area contributed by atoms with Crippen LogP contribution in [0.5, 0.6) is 0 Å². The number of hydrazine groups is 1. The van der Waals surface area contributed by atoms with Crippen molar-refractivity contribution in [3.8, 4) is 0 Å². The number of amides is 4. The van der Waals surface area contributed by atoms with Gasteiger partial charge in [-0.2, -0.15) is 0 Å². The largest absolute Gasteiger partial charge is 0.445 e. The van der Waals surface area contributed by atoms with E-state index in [4.69, 9.17) is 4.74 Å². The average molecular weight is 476 g/mol. The van der Waals surface area contributed by atoms with Gasteiger partial charge in [0.15, 0.2) is 0 Å². The van der Waals surface area contributed by atoms with Crippen LogP contribution < -0.4 is 26.8 Å². The summed E-state index contributed by atoms with van der Waals surface area (Å²) in [4.78, 5) is 61.7. The number of carbonyl (C=O) groups excluding carboxylic acids is 5. The highest BCUT2D eigenvalue weighted by Crippen LogP contribution is 2.09. The Hall–Kier alpha value is -3.47. The molecule has 1 aliphatic rings. The second kappa shape index (κ2) is 12.7. The van der Waals surface area contributed by atoms with E-state index in [1.54, 1.807) is 13.8 Å². The summed E-state index contributed by atoms with van der Waals surface area (Å²) in [6, 6.07) is 6.16. The molecular weight excluding hydrogens is 442 g/mol. The normalized spacial score (nSPS) is 17.5. The molecule has 0 saturated carbocycles. The zero-order valence-electron chi connectivity index (χ0n) is 19.8. The minimum absolute atomic E-state index is 0.0298. The first kappa shape index (κ1) is 26.8. The summed E-state index contributed by atoms with van der Waals surface area (Å²) < 4.78 is 5.21. The number of alkyl carbamates (subject to hydrolysis) is 1. The minimum atomic E-state index is -1.04. The van der Waals surface area contributed by atoms with Crippen LogP contribution in [0.3, 0.4) is 0 Å². The van der Waals surface area contributed by atoms with Crippen molar-refractivity contribution in [2.75, 3.05) is 6.54 Å². The first-order valence-corrected chi connectivity index (χ1v) is 11.2. The fourth-order valence-electron chi connectivity index (χ4n) is 3.33. The summed E-state index contributed by atoms with van der Waals surface area (Å²) in [7, 11) is 0. The van der Waals surface area contributed by atoms with Crippen LogP contribution in [-0.2, 0) is 30.5 Å². The van der Waals surface area contributed by atoms with Crippen LogP contribution in [0, 0.1) is 11.8 Å². The van der Waals surface area contributed by atoms with Gasteiger partial charge in [-0.15, -0.1) is 0 Å². The molecule has 11 nitrogen and oxygen atoms in total. The molecule has 3 atom stereocenters. The maximum Gasteiger partial charge on any atom is 0.408 e. The Bertz CT molecular complexity index is 889. The minimum Gasteiger partial charge on any atom is -0.445 e. The molecule has 1 aromatic rings. The Balaban J connectivity index is 2.00. The van der Waals surface area contributed by atoms with Gasteiger partial charge in [0.05, 0.1) is 0 Å². The topological polar surface area (TPSA) is 155 Å². The Kier molecular flexibility index (Phi) is 9.99. The third-order valence-electron chi connectivity index (χ3n) is 5.14. The highest BCUT2D eigenvalue weighted by Gasteiger charge is 2.34. The molecule has 0 aromatic heterocycles. The SMILES string of the molecule is CC(C)CC(NC(=O)C(NC(=O)OCc1ccccc1)C(C)C)C(=O)NC1CNNC(=O)C1=O. The van der Waals surface area contributed by atoms with Crippen LogP contribution in [0.4, 0.5) is 4.79 Å². The smallest absolute Gasteiger partial charge is 0.408 e. The number of hydrogen-bond donors (Lipinski definition) is 5. The molecule has 186 valence electrons. The number of carbonyl (C=O) groups is 5. The molecule has 34 heavy (non-hydrogen) atoms. The maximum atomic E-state index is 13.0. The quantitative estimate of drug-likeness (QED) is 0.302. The lowest BCUT2D eigenvalue weighted by molar-refractivity contribution is -0.143. The number of ether oxygens (including phenoxy) is 1. The van der Waals surface area contributed by atoms with E-state index in [9.17, 15) is 24.0 Å². The van der Waals surface area contributed by atoms with Gasteiger partial charge in [0.25, 0.3) is 0 Å². The lowest BCUT2D eigenvalue weighted by Crippen LogP contribution is -2.64. The summed E-state index contributed by atoms with van der Waals surface area (Å²) in [5, 5.41) is 7.75. The molecule has 1 aromatic carbocycles. The highest BCUT2D eigenvalue weighted by molar-refractivity contribution is 6.39. The molecule has 5 N–H and O–H groups in total. The summed E-state index contributed by atoms with van der Waals surface area (Å²) in [5.41, 5.74) is 5.52. The van der Waals surface area contributed by atoms with Crippen LogP contribution in [0.1, 0.15) is 39.7 Å². The predicted molar refractivity (Wildman–Crippen MR) is 123 cm³/mol. The molecule has 3 unspecified atom stereocenters. The molecule has 0 spiro atoms. The number of rotatable bonds is 10. The molecule has 1 heterocycles. The fourth-order valence-corrected chi connectivity index (χ4v) is 3.33. The lowest BCUT2D eigenvalue weighted by atomic mass is 9.99. The monoisotopic (exact) mass is 475 g/mol. The first-order chi connectivity index (χ1) is 16.1. The highest BCUT2D eigenvalue weighted by atomic mass is 16.5. The lowest BCUT2D eigenvalue weighted by Gasteiger charge is -2.28. The Morgan fingerprint density at radius 1 is 1.03 bits per heavy atom. The number of Topliss-reactive ketones (excluding diaryl/α,β-unsaturated/α-hetero) is 1. The predicted octanol–water partition coefficient (Wildman–Crippen LogP) is 0.157. The Morgan fingerprint density at radius 2 is 1.71 bits per heavy atom. The van der Waals surface area contributed by atoms with E-state index < -0.39 is 47.7 Å². The van der Waals surface area contributed by atoms with Gasteiger partial charge in [-0.3, -0.25) is 24.6 Å². The summed E-state index contributed by atoms with van der Waals surface area (Å²) in [6.07, 6.45) is -0.464. The number of benzene rings is 1. The molecule has 1 saturated heterocycles. The van der Waals surface area contributed by atoms with Crippen LogP contribution in [0.2, 0.25) is 0 Å². The number of nitrogens with one attached hydrogen (secondary N) is 5. The van der Waals surface area contributed by atoms with Gasteiger partial charge in [-0.25, -0.2) is 10.2 Å². The van der Waals surface area contributed by atoms with E-state index in [1.807, 2.05) is 44.2 Å². The van der Waals surface area contributed by atoms with E-state index in [0.29, 0.717) is 6.42 Å². The molecule has 0 radical (unpaired) electrons. The number of hydrogen-bond acceptors (Lipinski definition) is 7. The molecule has 4 amide bonds. The van der Waals surface area contributed by atoms with Crippen LogP contribution >= 0.6 is 0 Å². The van der Waals surface area contributed by atoms with Gasteiger partial charge < -0.3 is 20.7 Å². The number of ketones is 1.